The Morgan fingerprint density at radius 1 is 0.740 bits per heavy atom. The first-order chi connectivity index (χ1) is 23.7. The van der Waals surface area contributed by atoms with Crippen molar-refractivity contribution in [3.8, 4) is 0 Å². The fourth-order valence-electron chi connectivity index (χ4n) is 4.85. The van der Waals surface area contributed by atoms with Gasteiger partial charge < -0.3 is 25.8 Å². The molecule has 0 radical (unpaired) electrons. The lowest BCUT2D eigenvalue weighted by molar-refractivity contribution is -0.384. The maximum absolute atomic E-state index is 12.1. The molecule has 0 heterocycles. The lowest BCUT2D eigenvalue weighted by atomic mass is 10.0. The molecule has 14 heteroatoms. The van der Waals surface area contributed by atoms with Gasteiger partial charge in [-0.05, 0) is 60.4 Å². The number of nitrogens with zero attached hydrogens (tertiary/aromatic N) is 1. The van der Waals surface area contributed by atoms with Crippen LogP contribution in [-0.2, 0) is 31.9 Å². The minimum absolute atomic E-state index is 0.0152. The Kier molecular flexibility index (Phi) is 15.1. The van der Waals surface area contributed by atoms with Crippen LogP contribution >= 0.6 is 47.6 Å². The predicted octanol–water partition coefficient (Wildman–Crippen LogP) is 6.89. The van der Waals surface area contributed by atoms with E-state index in [1.54, 1.807) is 36.4 Å². The van der Waals surface area contributed by atoms with Gasteiger partial charge in [0.2, 0.25) is 0 Å². The summed E-state index contributed by atoms with van der Waals surface area (Å²) in [6, 6.07) is 22.9. The first-order valence-corrected chi connectivity index (χ1v) is 16.7. The molecule has 0 aliphatic heterocycles. The number of rotatable bonds is 11. The number of nitro groups is 1. The lowest BCUT2D eigenvalue weighted by Gasteiger charge is -2.20. The third kappa shape index (κ3) is 11.2. The molecule has 2 atom stereocenters. The van der Waals surface area contributed by atoms with Crippen LogP contribution in [0.1, 0.15) is 33.4 Å². The number of aryl methyl sites for hydroxylation is 2. The molecule has 4 rings (SSSR count). The molecule has 10 nitrogen and oxygen atoms in total. The predicted molar refractivity (Wildman–Crippen MR) is 205 cm³/mol. The summed E-state index contributed by atoms with van der Waals surface area (Å²) in [5.74, 6) is -0.880. The van der Waals surface area contributed by atoms with Crippen molar-refractivity contribution in [3.05, 3.63) is 138 Å². The van der Waals surface area contributed by atoms with Crippen LogP contribution in [-0.4, -0.2) is 53.1 Å². The second-order valence-electron chi connectivity index (χ2n) is 11.0. The van der Waals surface area contributed by atoms with E-state index in [-0.39, 0.29) is 18.1 Å². The van der Waals surface area contributed by atoms with E-state index in [1.807, 2.05) is 50.2 Å². The summed E-state index contributed by atoms with van der Waals surface area (Å²) in [5.41, 5.74) is 11.2. The number of methoxy groups -OCH3 is 2. The van der Waals surface area contributed by atoms with E-state index in [9.17, 15) is 19.7 Å². The van der Waals surface area contributed by atoms with Crippen molar-refractivity contribution in [1.82, 2.24) is 10.6 Å². The van der Waals surface area contributed by atoms with E-state index in [2.05, 4.69) is 10.6 Å². The zero-order valence-electron chi connectivity index (χ0n) is 27.7. The highest BCUT2D eigenvalue weighted by atomic mass is 35.5. The number of benzene rings is 4. The average molecular weight is 756 g/mol. The molecule has 0 amide bonds. The first kappa shape index (κ1) is 39.8. The Balaban J connectivity index is 0.000000271. The van der Waals surface area contributed by atoms with Gasteiger partial charge in [0.15, 0.2) is 0 Å². The van der Waals surface area contributed by atoms with Gasteiger partial charge in [0.05, 0.1) is 29.2 Å². The van der Waals surface area contributed by atoms with Crippen LogP contribution in [0, 0.1) is 24.0 Å². The standard InChI is InChI=1S/C18H17ClN2O4S.C18H19ClN2O2S/c1-11-4-3-5-14(19)16(11)17(26)20-15(18(22)25-2)10-12-6-8-13(9-7-12)21(23)24;1-11-4-3-5-14(19)16(11)17(24)21-15(18(22)23-2)10-12-6-8-13(20)9-7-12/h3-9,15H,10H2,1-2H3,(H,20,26);3-9,15H,10,20H2,1-2H3,(H,21,24). The van der Waals surface area contributed by atoms with Gasteiger partial charge in [-0.2, -0.15) is 0 Å². The van der Waals surface area contributed by atoms with E-state index in [4.69, 9.17) is 62.8 Å². The van der Waals surface area contributed by atoms with Crippen LogP contribution in [0.3, 0.4) is 0 Å². The number of nitrogens with two attached hydrogens (primary N) is 1. The van der Waals surface area contributed by atoms with Crippen molar-refractivity contribution >= 4 is 80.9 Å². The number of nitro benzene ring substituents is 1. The minimum atomic E-state index is -0.746. The molecule has 0 aliphatic carbocycles. The number of nitrogens with one attached hydrogen (secondary N) is 2. The van der Waals surface area contributed by atoms with Crippen LogP contribution in [0.25, 0.3) is 0 Å². The highest BCUT2D eigenvalue weighted by molar-refractivity contribution is 7.81. The molecule has 0 bridgehead atoms. The Morgan fingerprint density at radius 3 is 1.46 bits per heavy atom. The molecule has 0 aromatic heterocycles. The van der Waals surface area contributed by atoms with Gasteiger partial charge in [0.1, 0.15) is 22.1 Å². The molecule has 2 unspecified atom stereocenters. The van der Waals surface area contributed by atoms with Crippen LogP contribution in [0.5, 0.6) is 0 Å². The van der Waals surface area contributed by atoms with Gasteiger partial charge in [0, 0.05) is 41.8 Å². The molecule has 0 aliphatic rings. The minimum Gasteiger partial charge on any atom is -0.467 e. The number of hydrogen-bond donors (Lipinski definition) is 3. The van der Waals surface area contributed by atoms with Gasteiger partial charge in [-0.1, -0.05) is 96.2 Å². The summed E-state index contributed by atoms with van der Waals surface area (Å²) >= 11 is 23.3. The summed E-state index contributed by atoms with van der Waals surface area (Å²) in [6.07, 6.45) is 0.685. The highest BCUT2D eigenvalue weighted by Gasteiger charge is 2.24. The maximum atomic E-state index is 12.1. The van der Waals surface area contributed by atoms with Crippen LogP contribution in [0.2, 0.25) is 10.0 Å². The van der Waals surface area contributed by atoms with Crippen molar-refractivity contribution in [1.29, 1.82) is 0 Å². The SMILES string of the molecule is COC(=O)C(Cc1ccc(N)cc1)NC(=S)c1c(C)cccc1Cl.COC(=O)C(Cc1ccc([N+](=O)[O-])cc1)NC(=S)c1c(C)cccc1Cl. The summed E-state index contributed by atoms with van der Waals surface area (Å²) in [4.78, 5) is 35.3. The van der Waals surface area contributed by atoms with Crippen LogP contribution < -0.4 is 16.4 Å². The first-order valence-electron chi connectivity index (χ1n) is 15.1. The third-order valence-electron chi connectivity index (χ3n) is 7.49. The normalized spacial score (nSPS) is 11.6. The summed E-state index contributed by atoms with van der Waals surface area (Å²) in [6.45, 7) is 3.79. The number of halogens is 2. The monoisotopic (exact) mass is 754 g/mol. The number of nitrogen functional groups attached to an aromatic ring is 1. The van der Waals surface area contributed by atoms with Crippen molar-refractivity contribution in [3.63, 3.8) is 0 Å². The largest absolute Gasteiger partial charge is 0.467 e. The van der Waals surface area contributed by atoms with E-state index in [0.717, 1.165) is 27.8 Å². The van der Waals surface area contributed by atoms with Gasteiger partial charge in [-0.3, -0.25) is 10.1 Å². The Morgan fingerprint density at radius 2 is 1.12 bits per heavy atom. The molecule has 50 heavy (non-hydrogen) atoms. The zero-order chi connectivity index (χ0) is 37.0. The summed E-state index contributed by atoms with van der Waals surface area (Å²) in [5, 5.41) is 17.8. The molecule has 0 fully saturated rings. The molecular weight excluding hydrogens is 719 g/mol. The van der Waals surface area contributed by atoms with Gasteiger partial charge in [-0.25, -0.2) is 9.59 Å². The van der Waals surface area contributed by atoms with Crippen LogP contribution in [0.4, 0.5) is 11.4 Å². The average Bonchev–Trinajstić information content (AvgIpc) is 3.08. The summed E-state index contributed by atoms with van der Waals surface area (Å²) < 4.78 is 9.73. The molecule has 262 valence electrons. The fourth-order valence-corrected chi connectivity index (χ4v) is 6.42. The van der Waals surface area contributed by atoms with Crippen molar-refractivity contribution in [2.24, 2.45) is 0 Å². The molecule has 0 spiro atoms. The van der Waals surface area contributed by atoms with E-state index in [1.165, 1.54) is 26.4 Å². The number of anilines is 1. The topological polar surface area (TPSA) is 146 Å². The van der Waals surface area contributed by atoms with Crippen molar-refractivity contribution < 1.29 is 24.0 Å². The van der Waals surface area contributed by atoms with Crippen molar-refractivity contribution in [2.75, 3.05) is 20.0 Å². The number of carbonyl (C=O) groups excluding carboxylic acids is 2. The smallest absolute Gasteiger partial charge is 0.328 e. The molecule has 0 saturated heterocycles. The number of esters is 2. The number of hydrogen-bond acceptors (Lipinski definition) is 9. The quantitative estimate of drug-likeness (QED) is 0.0484. The Hall–Kier alpha value is -4.62. The van der Waals surface area contributed by atoms with Crippen LogP contribution in [0.15, 0.2) is 84.9 Å². The maximum Gasteiger partial charge on any atom is 0.328 e. The van der Waals surface area contributed by atoms with E-state index < -0.39 is 23.0 Å². The Bertz CT molecular complexity index is 1820. The molecular formula is C36H36Cl2N4O6S2. The van der Waals surface area contributed by atoms with Gasteiger partial charge in [-0.15, -0.1) is 0 Å². The molecule has 0 saturated carbocycles. The van der Waals surface area contributed by atoms with E-state index in [0.29, 0.717) is 37.7 Å². The van der Waals surface area contributed by atoms with Gasteiger partial charge in [0.25, 0.3) is 5.69 Å². The fraction of sp³-hybridized carbons (Fsp3) is 0.222. The zero-order valence-corrected chi connectivity index (χ0v) is 30.8. The van der Waals surface area contributed by atoms with Crippen molar-refractivity contribution in [2.45, 2.75) is 38.8 Å². The highest BCUT2D eigenvalue weighted by Crippen LogP contribution is 2.22. The van der Waals surface area contributed by atoms with E-state index >= 15 is 0 Å². The third-order valence-corrected chi connectivity index (χ3v) is 8.76. The number of carbonyl (C=O) groups is 2. The molecule has 4 N–H and O–H groups in total. The number of non-ortho nitro benzene ring substituents is 1. The summed E-state index contributed by atoms with van der Waals surface area (Å²) in [7, 11) is 2.64. The second kappa shape index (κ2) is 19.0. The Labute approximate surface area is 311 Å². The second-order valence-corrected chi connectivity index (χ2v) is 12.7. The lowest BCUT2D eigenvalue weighted by Crippen LogP contribution is -2.43. The number of ether oxygens (including phenoxy) is 2. The molecule has 4 aromatic rings. The molecule has 4 aromatic carbocycles. The number of thiocarbonyl (C=S) groups is 2. The van der Waals surface area contributed by atoms with Gasteiger partial charge >= 0.3 is 11.9 Å².